The van der Waals surface area contributed by atoms with Gasteiger partial charge in [-0.3, -0.25) is 4.90 Å². The first-order valence-electron chi connectivity index (χ1n) is 7.56. The summed E-state index contributed by atoms with van der Waals surface area (Å²) in [7, 11) is 0. The molecule has 0 heterocycles. The number of hydrogen-bond donors (Lipinski definition) is 2. The fourth-order valence-electron chi connectivity index (χ4n) is 3.66. The molecule has 1 atom stereocenters. The number of oxime groups is 1. The van der Waals surface area contributed by atoms with E-state index in [1.807, 2.05) is 0 Å². The van der Waals surface area contributed by atoms with Crippen LogP contribution in [0.15, 0.2) is 29.4 Å². The number of nitrogens with two attached hydrogens (primary N) is 1. The Morgan fingerprint density at radius 3 is 2.75 bits per heavy atom. The summed E-state index contributed by atoms with van der Waals surface area (Å²) in [6.07, 6.45) is 6.26. The van der Waals surface area contributed by atoms with E-state index >= 15 is 0 Å². The molecule has 2 aliphatic carbocycles. The van der Waals surface area contributed by atoms with Crippen LogP contribution in [0.25, 0.3) is 0 Å². The summed E-state index contributed by atoms with van der Waals surface area (Å²) in [5, 5.41) is 12.0. The average molecular weight is 273 g/mol. The Hall–Kier alpha value is -1.55. The standard InChI is InChI=1S/C16H23N3O/c17-16(18-20)11-19(14-6-2-3-7-14)10-13-9-12-5-1-4-8-15(12)13/h1,4-5,8,13-14,20H,2-3,6-7,9-11H2,(H2,17,18). The SMILES string of the molecule is NC(CN(CC1Cc2ccccc21)C1CCCC1)=NO. The smallest absolute Gasteiger partial charge is 0.153 e. The Labute approximate surface area is 120 Å². The van der Waals surface area contributed by atoms with Gasteiger partial charge in [0.1, 0.15) is 0 Å². The van der Waals surface area contributed by atoms with Gasteiger partial charge in [0.05, 0.1) is 6.54 Å². The normalized spacial score (nSPS) is 22.9. The summed E-state index contributed by atoms with van der Waals surface area (Å²) in [6.45, 7) is 1.61. The number of hydrogen-bond acceptors (Lipinski definition) is 3. The van der Waals surface area contributed by atoms with Crippen molar-refractivity contribution in [3.05, 3.63) is 35.4 Å². The minimum Gasteiger partial charge on any atom is -0.409 e. The highest BCUT2D eigenvalue weighted by Crippen LogP contribution is 2.36. The zero-order valence-electron chi connectivity index (χ0n) is 11.8. The second-order valence-electron chi connectivity index (χ2n) is 6.06. The Morgan fingerprint density at radius 2 is 2.05 bits per heavy atom. The van der Waals surface area contributed by atoms with Gasteiger partial charge in [-0.1, -0.05) is 42.3 Å². The van der Waals surface area contributed by atoms with Gasteiger partial charge in [0.25, 0.3) is 0 Å². The van der Waals surface area contributed by atoms with Gasteiger partial charge >= 0.3 is 0 Å². The summed E-state index contributed by atoms with van der Waals surface area (Å²) >= 11 is 0. The molecule has 0 spiro atoms. The zero-order valence-corrected chi connectivity index (χ0v) is 11.8. The van der Waals surface area contributed by atoms with Gasteiger partial charge in [-0.25, -0.2) is 0 Å². The topological polar surface area (TPSA) is 61.8 Å². The Balaban J connectivity index is 1.67. The minimum atomic E-state index is 0.324. The van der Waals surface area contributed by atoms with Crippen molar-refractivity contribution in [1.29, 1.82) is 0 Å². The summed E-state index contributed by atoms with van der Waals surface area (Å²) in [5.41, 5.74) is 8.69. The van der Waals surface area contributed by atoms with Crippen LogP contribution in [0.3, 0.4) is 0 Å². The van der Waals surface area contributed by atoms with Gasteiger partial charge in [-0.2, -0.15) is 0 Å². The molecular formula is C16H23N3O. The second kappa shape index (κ2) is 5.83. The highest BCUT2D eigenvalue weighted by molar-refractivity contribution is 5.81. The monoisotopic (exact) mass is 273 g/mol. The second-order valence-corrected chi connectivity index (χ2v) is 6.06. The first-order valence-corrected chi connectivity index (χ1v) is 7.56. The van der Waals surface area contributed by atoms with E-state index in [-0.39, 0.29) is 0 Å². The third-order valence-electron chi connectivity index (χ3n) is 4.75. The third-order valence-corrected chi connectivity index (χ3v) is 4.75. The van der Waals surface area contributed by atoms with E-state index in [1.165, 1.54) is 36.8 Å². The predicted octanol–water partition coefficient (Wildman–Crippen LogP) is 2.32. The van der Waals surface area contributed by atoms with Crippen LogP contribution in [0.5, 0.6) is 0 Å². The summed E-state index contributed by atoms with van der Waals surface area (Å²) in [5.74, 6) is 0.933. The van der Waals surface area contributed by atoms with Crippen molar-refractivity contribution < 1.29 is 5.21 Å². The van der Waals surface area contributed by atoms with Gasteiger partial charge < -0.3 is 10.9 Å². The van der Waals surface area contributed by atoms with Crippen molar-refractivity contribution in [2.75, 3.05) is 13.1 Å². The Kier molecular flexibility index (Phi) is 3.92. The van der Waals surface area contributed by atoms with Crippen LogP contribution in [-0.4, -0.2) is 35.1 Å². The van der Waals surface area contributed by atoms with Crippen LogP contribution < -0.4 is 5.73 Å². The van der Waals surface area contributed by atoms with E-state index in [0.29, 0.717) is 24.3 Å². The molecule has 4 heteroatoms. The van der Waals surface area contributed by atoms with Gasteiger partial charge in [0.15, 0.2) is 5.84 Å². The first-order chi connectivity index (χ1) is 9.78. The van der Waals surface area contributed by atoms with Crippen LogP contribution in [0.4, 0.5) is 0 Å². The Morgan fingerprint density at radius 1 is 1.30 bits per heavy atom. The minimum absolute atomic E-state index is 0.324. The van der Waals surface area contributed by atoms with Crippen molar-refractivity contribution in [2.24, 2.45) is 10.9 Å². The van der Waals surface area contributed by atoms with Crippen LogP contribution >= 0.6 is 0 Å². The van der Waals surface area contributed by atoms with E-state index in [0.717, 1.165) is 13.0 Å². The van der Waals surface area contributed by atoms with E-state index in [9.17, 15) is 0 Å². The van der Waals surface area contributed by atoms with Crippen molar-refractivity contribution in [1.82, 2.24) is 4.90 Å². The molecule has 0 radical (unpaired) electrons. The lowest BCUT2D eigenvalue weighted by Gasteiger charge is -2.37. The van der Waals surface area contributed by atoms with Crippen molar-refractivity contribution in [3.63, 3.8) is 0 Å². The number of fused-ring (bicyclic) bond motifs is 1. The lowest BCUT2D eigenvalue weighted by atomic mass is 9.77. The highest BCUT2D eigenvalue weighted by Gasteiger charge is 2.31. The zero-order chi connectivity index (χ0) is 13.9. The van der Waals surface area contributed by atoms with E-state index < -0.39 is 0 Å². The molecule has 1 unspecified atom stereocenters. The van der Waals surface area contributed by atoms with Crippen molar-refractivity contribution in [2.45, 2.75) is 44.1 Å². The first kappa shape index (κ1) is 13.4. The van der Waals surface area contributed by atoms with Crippen molar-refractivity contribution >= 4 is 5.84 Å². The molecule has 1 saturated carbocycles. The number of benzene rings is 1. The number of amidine groups is 1. The molecule has 3 N–H and O–H groups in total. The summed E-state index contributed by atoms with van der Waals surface area (Å²) < 4.78 is 0. The molecule has 2 aliphatic rings. The summed E-state index contributed by atoms with van der Waals surface area (Å²) in [4.78, 5) is 2.42. The molecule has 1 aromatic rings. The molecule has 0 bridgehead atoms. The maximum Gasteiger partial charge on any atom is 0.153 e. The number of nitrogens with zero attached hydrogens (tertiary/aromatic N) is 2. The third kappa shape index (κ3) is 2.66. The maximum absolute atomic E-state index is 8.83. The predicted molar refractivity (Wildman–Crippen MR) is 80.1 cm³/mol. The van der Waals surface area contributed by atoms with Crippen LogP contribution in [-0.2, 0) is 6.42 Å². The van der Waals surface area contributed by atoms with Crippen molar-refractivity contribution in [3.8, 4) is 0 Å². The van der Waals surface area contributed by atoms with Gasteiger partial charge in [0, 0.05) is 18.5 Å². The van der Waals surface area contributed by atoms with Crippen LogP contribution in [0.1, 0.15) is 42.7 Å². The number of rotatable bonds is 5. The highest BCUT2D eigenvalue weighted by atomic mass is 16.4. The molecule has 20 heavy (non-hydrogen) atoms. The molecule has 0 aliphatic heterocycles. The van der Waals surface area contributed by atoms with E-state index in [2.05, 4.69) is 34.3 Å². The molecular weight excluding hydrogens is 250 g/mol. The molecule has 1 aromatic carbocycles. The molecule has 0 aromatic heterocycles. The lowest BCUT2D eigenvalue weighted by molar-refractivity contribution is 0.203. The van der Waals surface area contributed by atoms with Crippen LogP contribution in [0.2, 0.25) is 0 Å². The summed E-state index contributed by atoms with van der Waals surface area (Å²) in [6, 6.07) is 9.28. The van der Waals surface area contributed by atoms with Gasteiger partial charge in [0.2, 0.25) is 0 Å². The lowest BCUT2D eigenvalue weighted by Crippen LogP contribution is -2.44. The van der Waals surface area contributed by atoms with E-state index in [4.69, 9.17) is 10.9 Å². The fraction of sp³-hybridized carbons (Fsp3) is 0.562. The molecule has 0 amide bonds. The molecule has 3 rings (SSSR count). The fourth-order valence-corrected chi connectivity index (χ4v) is 3.66. The largest absolute Gasteiger partial charge is 0.409 e. The van der Waals surface area contributed by atoms with Gasteiger partial charge in [-0.15, -0.1) is 0 Å². The van der Waals surface area contributed by atoms with E-state index in [1.54, 1.807) is 0 Å². The molecule has 1 fully saturated rings. The maximum atomic E-state index is 8.83. The molecule has 0 saturated heterocycles. The molecule has 4 nitrogen and oxygen atoms in total. The molecule has 108 valence electrons. The average Bonchev–Trinajstić information content (AvgIpc) is 2.97. The van der Waals surface area contributed by atoms with Gasteiger partial charge in [-0.05, 0) is 30.4 Å². The Bertz CT molecular complexity index is 494. The quantitative estimate of drug-likeness (QED) is 0.374. The van der Waals surface area contributed by atoms with Crippen LogP contribution in [0, 0.1) is 0 Å².